The van der Waals surface area contributed by atoms with Crippen LogP contribution < -0.4 is 5.73 Å². The zero-order chi connectivity index (χ0) is 9.03. The van der Waals surface area contributed by atoms with E-state index >= 15 is 0 Å². The van der Waals surface area contributed by atoms with Gasteiger partial charge in [0.15, 0.2) is 0 Å². The average Bonchev–Trinajstić information content (AvgIpc) is 2.36. The van der Waals surface area contributed by atoms with Crippen molar-refractivity contribution in [2.24, 2.45) is 5.73 Å². The van der Waals surface area contributed by atoms with Crippen LogP contribution in [0.25, 0.3) is 0 Å². The maximum absolute atomic E-state index is 10.0. The molecule has 1 unspecified atom stereocenters. The van der Waals surface area contributed by atoms with Gasteiger partial charge in [-0.05, 0) is 25.7 Å². The van der Waals surface area contributed by atoms with Crippen molar-refractivity contribution < 1.29 is 5.11 Å². The first kappa shape index (κ1) is 10.0. The molecular weight excluding hydrogens is 150 g/mol. The minimum Gasteiger partial charge on any atom is -0.390 e. The number of hydrogen-bond donors (Lipinski definition) is 2. The van der Waals surface area contributed by atoms with Gasteiger partial charge >= 0.3 is 0 Å². The van der Waals surface area contributed by atoms with E-state index in [1.165, 1.54) is 12.8 Å². The van der Waals surface area contributed by atoms with Gasteiger partial charge in [0.25, 0.3) is 0 Å². The Morgan fingerprint density at radius 1 is 1.42 bits per heavy atom. The van der Waals surface area contributed by atoms with Crippen LogP contribution in [0.2, 0.25) is 0 Å². The summed E-state index contributed by atoms with van der Waals surface area (Å²) >= 11 is 0. The Balaban J connectivity index is 2.28. The smallest absolute Gasteiger partial charge is 0.0662 e. The Morgan fingerprint density at radius 3 is 2.50 bits per heavy atom. The van der Waals surface area contributed by atoms with Gasteiger partial charge in [0.2, 0.25) is 0 Å². The van der Waals surface area contributed by atoms with Gasteiger partial charge in [-0.25, -0.2) is 0 Å². The van der Waals surface area contributed by atoms with Crippen LogP contribution in [0.5, 0.6) is 0 Å². The predicted molar refractivity (Wildman–Crippen MR) is 50.9 cm³/mol. The lowest BCUT2D eigenvalue weighted by Gasteiger charge is -2.25. The molecule has 12 heavy (non-hydrogen) atoms. The molecule has 0 bridgehead atoms. The summed E-state index contributed by atoms with van der Waals surface area (Å²) in [6, 6.07) is 0.207. The molecule has 2 heteroatoms. The topological polar surface area (TPSA) is 46.2 Å². The van der Waals surface area contributed by atoms with Gasteiger partial charge in [-0.1, -0.05) is 26.2 Å². The van der Waals surface area contributed by atoms with Gasteiger partial charge in [-0.2, -0.15) is 0 Å². The largest absolute Gasteiger partial charge is 0.390 e. The zero-order valence-corrected chi connectivity index (χ0v) is 8.05. The molecule has 0 radical (unpaired) electrons. The normalized spacial score (nSPS) is 24.2. The van der Waals surface area contributed by atoms with E-state index in [1.54, 1.807) is 0 Å². The standard InChI is InChI=1S/C10H21NO/c1-2-5-9(11)8-10(12)6-3-4-7-10/h9,12H,2-8,11H2,1H3. The number of nitrogens with two attached hydrogens (primary N) is 1. The molecule has 1 saturated carbocycles. The second kappa shape index (κ2) is 4.24. The molecule has 0 heterocycles. The quantitative estimate of drug-likeness (QED) is 0.677. The van der Waals surface area contributed by atoms with Gasteiger partial charge in [-0.15, -0.1) is 0 Å². The van der Waals surface area contributed by atoms with E-state index in [0.29, 0.717) is 0 Å². The van der Waals surface area contributed by atoms with Gasteiger partial charge < -0.3 is 10.8 Å². The van der Waals surface area contributed by atoms with Crippen LogP contribution in [0.1, 0.15) is 51.9 Å². The molecule has 1 aliphatic rings. The Kier molecular flexibility index (Phi) is 3.53. The SMILES string of the molecule is CCCC(N)CC1(O)CCCC1. The average molecular weight is 171 g/mol. The molecular formula is C10H21NO. The second-order valence-corrected chi connectivity index (χ2v) is 4.18. The van der Waals surface area contributed by atoms with Crippen LogP contribution in [0.15, 0.2) is 0 Å². The van der Waals surface area contributed by atoms with Crippen LogP contribution in [0.3, 0.4) is 0 Å². The Hall–Kier alpha value is -0.0800. The van der Waals surface area contributed by atoms with Crippen molar-refractivity contribution >= 4 is 0 Å². The minimum absolute atomic E-state index is 0.207. The van der Waals surface area contributed by atoms with Gasteiger partial charge in [-0.3, -0.25) is 0 Å². The van der Waals surface area contributed by atoms with Crippen molar-refractivity contribution in [3.8, 4) is 0 Å². The fourth-order valence-electron chi connectivity index (χ4n) is 2.20. The molecule has 0 saturated heterocycles. The van der Waals surface area contributed by atoms with Crippen molar-refractivity contribution in [2.75, 3.05) is 0 Å². The summed E-state index contributed by atoms with van der Waals surface area (Å²) in [4.78, 5) is 0. The molecule has 0 spiro atoms. The maximum atomic E-state index is 10.0. The van der Waals surface area contributed by atoms with Crippen LogP contribution in [0, 0.1) is 0 Å². The number of hydrogen-bond acceptors (Lipinski definition) is 2. The molecule has 0 aliphatic heterocycles. The van der Waals surface area contributed by atoms with E-state index in [4.69, 9.17) is 5.73 Å². The molecule has 1 atom stereocenters. The van der Waals surface area contributed by atoms with Crippen molar-refractivity contribution in [3.05, 3.63) is 0 Å². The third kappa shape index (κ3) is 2.76. The number of aliphatic hydroxyl groups is 1. The Labute approximate surface area is 75.2 Å². The summed E-state index contributed by atoms with van der Waals surface area (Å²) in [5, 5.41) is 10.0. The third-order valence-corrected chi connectivity index (χ3v) is 2.84. The third-order valence-electron chi connectivity index (χ3n) is 2.84. The summed E-state index contributed by atoms with van der Waals surface area (Å²) < 4.78 is 0. The van der Waals surface area contributed by atoms with Crippen LogP contribution in [0.4, 0.5) is 0 Å². The lowest BCUT2D eigenvalue weighted by Crippen LogP contribution is -2.34. The van der Waals surface area contributed by atoms with Gasteiger partial charge in [0.05, 0.1) is 5.60 Å². The fraction of sp³-hybridized carbons (Fsp3) is 1.00. The molecule has 0 aromatic carbocycles. The van der Waals surface area contributed by atoms with Crippen LogP contribution in [-0.2, 0) is 0 Å². The monoisotopic (exact) mass is 171 g/mol. The highest BCUT2D eigenvalue weighted by molar-refractivity contribution is 4.87. The van der Waals surface area contributed by atoms with Crippen LogP contribution >= 0.6 is 0 Å². The lowest BCUT2D eigenvalue weighted by atomic mass is 9.92. The second-order valence-electron chi connectivity index (χ2n) is 4.18. The molecule has 2 nitrogen and oxygen atoms in total. The molecule has 1 fully saturated rings. The van der Waals surface area contributed by atoms with E-state index in [-0.39, 0.29) is 6.04 Å². The van der Waals surface area contributed by atoms with Gasteiger partial charge in [0, 0.05) is 6.04 Å². The molecule has 0 aromatic heterocycles. The van der Waals surface area contributed by atoms with Crippen LogP contribution in [-0.4, -0.2) is 16.7 Å². The lowest BCUT2D eigenvalue weighted by molar-refractivity contribution is 0.0313. The Bertz CT molecular complexity index is 130. The van der Waals surface area contributed by atoms with Crippen molar-refractivity contribution in [1.29, 1.82) is 0 Å². The summed E-state index contributed by atoms with van der Waals surface area (Å²) in [6.07, 6.45) is 7.25. The first-order valence-corrected chi connectivity index (χ1v) is 5.14. The first-order valence-electron chi connectivity index (χ1n) is 5.14. The summed E-state index contributed by atoms with van der Waals surface area (Å²) in [5.41, 5.74) is 5.48. The molecule has 0 aromatic rings. The summed E-state index contributed by atoms with van der Waals surface area (Å²) in [6.45, 7) is 2.14. The highest BCUT2D eigenvalue weighted by Crippen LogP contribution is 2.33. The highest BCUT2D eigenvalue weighted by atomic mass is 16.3. The van der Waals surface area contributed by atoms with E-state index in [1.807, 2.05) is 0 Å². The van der Waals surface area contributed by atoms with E-state index in [2.05, 4.69) is 6.92 Å². The summed E-state index contributed by atoms with van der Waals surface area (Å²) in [5.74, 6) is 0. The first-order chi connectivity index (χ1) is 5.66. The zero-order valence-electron chi connectivity index (χ0n) is 8.05. The Morgan fingerprint density at radius 2 is 2.00 bits per heavy atom. The van der Waals surface area contributed by atoms with Gasteiger partial charge in [0.1, 0.15) is 0 Å². The van der Waals surface area contributed by atoms with Crippen molar-refractivity contribution in [2.45, 2.75) is 63.5 Å². The highest BCUT2D eigenvalue weighted by Gasteiger charge is 2.32. The van der Waals surface area contributed by atoms with Crippen molar-refractivity contribution in [3.63, 3.8) is 0 Å². The predicted octanol–water partition coefficient (Wildman–Crippen LogP) is 1.81. The van der Waals surface area contributed by atoms with Crippen molar-refractivity contribution in [1.82, 2.24) is 0 Å². The van der Waals surface area contributed by atoms with E-state index in [9.17, 15) is 5.11 Å². The minimum atomic E-state index is -0.408. The molecule has 1 rings (SSSR count). The molecule has 3 N–H and O–H groups in total. The summed E-state index contributed by atoms with van der Waals surface area (Å²) in [7, 11) is 0. The molecule has 72 valence electrons. The fourth-order valence-corrected chi connectivity index (χ4v) is 2.20. The number of rotatable bonds is 4. The van der Waals surface area contributed by atoms with E-state index < -0.39 is 5.60 Å². The molecule has 0 amide bonds. The van der Waals surface area contributed by atoms with E-state index in [0.717, 1.165) is 32.1 Å². The molecule has 1 aliphatic carbocycles. The maximum Gasteiger partial charge on any atom is 0.0662 e.